The molecule has 2 aromatic heterocycles. The lowest BCUT2D eigenvalue weighted by Gasteiger charge is -2.06. The van der Waals surface area contributed by atoms with Crippen LogP contribution in [0.3, 0.4) is 0 Å². The van der Waals surface area contributed by atoms with Crippen molar-refractivity contribution in [2.45, 2.75) is 19.1 Å². The van der Waals surface area contributed by atoms with Crippen LogP contribution >= 0.6 is 27.5 Å². The SMILES string of the molecule is Cn1nc(C(F)(F)F)c(Cl)c1C(=O)NCCCn1cc(Br)cn1. The van der Waals surface area contributed by atoms with Crippen LogP contribution in [0.4, 0.5) is 13.2 Å². The van der Waals surface area contributed by atoms with Gasteiger partial charge in [-0.1, -0.05) is 11.6 Å². The highest BCUT2D eigenvalue weighted by atomic mass is 79.9. The molecule has 23 heavy (non-hydrogen) atoms. The van der Waals surface area contributed by atoms with Crippen molar-refractivity contribution in [2.24, 2.45) is 7.05 Å². The molecular formula is C12H12BrClF3N5O. The van der Waals surface area contributed by atoms with Crippen molar-refractivity contribution in [2.75, 3.05) is 6.54 Å². The normalized spacial score (nSPS) is 11.7. The molecule has 0 unspecified atom stereocenters. The maximum atomic E-state index is 12.7. The van der Waals surface area contributed by atoms with E-state index in [9.17, 15) is 18.0 Å². The molecule has 1 N–H and O–H groups in total. The Balaban J connectivity index is 1.94. The smallest absolute Gasteiger partial charge is 0.351 e. The third-order valence-electron chi connectivity index (χ3n) is 2.92. The first kappa shape index (κ1) is 17.8. The van der Waals surface area contributed by atoms with E-state index >= 15 is 0 Å². The number of rotatable bonds is 5. The summed E-state index contributed by atoms with van der Waals surface area (Å²) in [5, 5.41) is 9.12. The van der Waals surface area contributed by atoms with Crippen LogP contribution in [0.25, 0.3) is 0 Å². The van der Waals surface area contributed by atoms with Gasteiger partial charge in [-0.2, -0.15) is 23.4 Å². The number of carbonyl (C=O) groups is 1. The van der Waals surface area contributed by atoms with Crippen molar-refractivity contribution < 1.29 is 18.0 Å². The molecule has 0 spiro atoms. The maximum Gasteiger partial charge on any atom is 0.436 e. The predicted octanol–water partition coefficient (Wildman–Crippen LogP) is 2.87. The van der Waals surface area contributed by atoms with Crippen molar-refractivity contribution in [3.63, 3.8) is 0 Å². The Morgan fingerprint density at radius 1 is 1.48 bits per heavy atom. The van der Waals surface area contributed by atoms with Gasteiger partial charge in [0.15, 0.2) is 5.69 Å². The molecule has 0 fully saturated rings. The lowest BCUT2D eigenvalue weighted by atomic mass is 10.3. The fourth-order valence-corrected chi connectivity index (χ4v) is 2.59. The average molecular weight is 415 g/mol. The minimum absolute atomic E-state index is 0.263. The number of hydrogen-bond acceptors (Lipinski definition) is 3. The number of hydrogen-bond donors (Lipinski definition) is 1. The predicted molar refractivity (Wildman–Crippen MR) is 80.1 cm³/mol. The Kier molecular flexibility index (Phi) is 5.35. The van der Waals surface area contributed by atoms with Crippen molar-refractivity contribution in [1.29, 1.82) is 0 Å². The van der Waals surface area contributed by atoms with Gasteiger partial charge in [-0.25, -0.2) is 0 Å². The number of nitrogens with one attached hydrogen (secondary N) is 1. The molecule has 126 valence electrons. The molecule has 0 aliphatic carbocycles. The zero-order valence-corrected chi connectivity index (χ0v) is 14.2. The summed E-state index contributed by atoms with van der Waals surface area (Å²) in [7, 11) is 1.23. The number of amides is 1. The summed E-state index contributed by atoms with van der Waals surface area (Å²) >= 11 is 8.90. The molecule has 2 aromatic rings. The molecule has 0 radical (unpaired) electrons. The number of halogens is 5. The Hall–Kier alpha value is -1.55. The van der Waals surface area contributed by atoms with E-state index in [1.165, 1.54) is 7.05 Å². The molecule has 0 aliphatic heterocycles. The van der Waals surface area contributed by atoms with Crippen LogP contribution in [-0.4, -0.2) is 32.0 Å². The van der Waals surface area contributed by atoms with Crippen molar-refractivity contribution >= 4 is 33.4 Å². The topological polar surface area (TPSA) is 64.7 Å². The number of alkyl halides is 3. The average Bonchev–Trinajstić information content (AvgIpc) is 2.98. The van der Waals surface area contributed by atoms with Crippen LogP contribution in [0.1, 0.15) is 22.6 Å². The zero-order chi connectivity index (χ0) is 17.2. The first-order chi connectivity index (χ1) is 10.7. The highest BCUT2D eigenvalue weighted by Crippen LogP contribution is 2.35. The van der Waals surface area contributed by atoms with E-state index in [0.29, 0.717) is 13.0 Å². The summed E-state index contributed by atoms with van der Waals surface area (Å²) in [6, 6.07) is 0. The second-order valence-electron chi connectivity index (χ2n) is 4.66. The summed E-state index contributed by atoms with van der Waals surface area (Å²) in [6.07, 6.45) is -0.746. The van der Waals surface area contributed by atoms with Gasteiger partial charge in [0.25, 0.3) is 5.91 Å². The van der Waals surface area contributed by atoms with Gasteiger partial charge >= 0.3 is 6.18 Å². The van der Waals surface area contributed by atoms with E-state index in [1.54, 1.807) is 17.1 Å². The van der Waals surface area contributed by atoms with E-state index in [4.69, 9.17) is 11.6 Å². The van der Waals surface area contributed by atoms with Crippen LogP contribution in [-0.2, 0) is 19.8 Å². The van der Waals surface area contributed by atoms with Gasteiger partial charge in [0.2, 0.25) is 0 Å². The Morgan fingerprint density at radius 3 is 2.70 bits per heavy atom. The van der Waals surface area contributed by atoms with E-state index in [-0.39, 0.29) is 12.2 Å². The van der Waals surface area contributed by atoms with E-state index < -0.39 is 22.8 Å². The van der Waals surface area contributed by atoms with Gasteiger partial charge in [-0.3, -0.25) is 14.2 Å². The van der Waals surface area contributed by atoms with E-state index in [2.05, 4.69) is 31.4 Å². The summed E-state index contributed by atoms with van der Waals surface area (Å²) in [5.41, 5.74) is -1.59. The minimum atomic E-state index is -4.71. The molecule has 0 saturated heterocycles. The molecule has 0 saturated carbocycles. The Labute approximate surface area is 142 Å². The first-order valence-corrected chi connectivity index (χ1v) is 7.63. The lowest BCUT2D eigenvalue weighted by molar-refractivity contribution is -0.141. The molecule has 1 amide bonds. The standard InChI is InChI=1S/C12H12BrClF3N5O/c1-21-9(8(14)10(20-21)12(15,16)17)11(23)18-3-2-4-22-6-7(13)5-19-22/h5-6H,2-4H2,1H3,(H,18,23). The van der Waals surface area contributed by atoms with E-state index in [1.807, 2.05) is 0 Å². The molecular weight excluding hydrogens is 403 g/mol. The van der Waals surface area contributed by atoms with Gasteiger partial charge in [-0.05, 0) is 22.4 Å². The third-order valence-corrected chi connectivity index (χ3v) is 3.69. The van der Waals surface area contributed by atoms with Crippen LogP contribution < -0.4 is 5.32 Å². The number of aryl methyl sites for hydroxylation is 2. The summed E-state index contributed by atoms with van der Waals surface area (Å²) in [6.45, 7) is 0.817. The second kappa shape index (κ2) is 6.91. The molecule has 11 heteroatoms. The molecule has 0 aliphatic rings. The van der Waals surface area contributed by atoms with Crippen LogP contribution in [0.5, 0.6) is 0 Å². The minimum Gasteiger partial charge on any atom is -0.351 e. The van der Waals surface area contributed by atoms with Crippen LogP contribution in [0, 0.1) is 0 Å². The van der Waals surface area contributed by atoms with Gasteiger partial charge in [0, 0.05) is 26.3 Å². The monoisotopic (exact) mass is 413 g/mol. The summed E-state index contributed by atoms with van der Waals surface area (Å²) < 4.78 is 41.4. The number of carbonyl (C=O) groups excluding carboxylic acids is 1. The summed E-state index contributed by atoms with van der Waals surface area (Å²) in [4.78, 5) is 12.0. The molecule has 0 aromatic carbocycles. The zero-order valence-electron chi connectivity index (χ0n) is 11.9. The second-order valence-corrected chi connectivity index (χ2v) is 5.96. The van der Waals surface area contributed by atoms with Crippen molar-refractivity contribution in [1.82, 2.24) is 24.9 Å². The van der Waals surface area contributed by atoms with E-state index in [0.717, 1.165) is 9.15 Å². The highest BCUT2D eigenvalue weighted by Gasteiger charge is 2.39. The molecule has 2 heterocycles. The summed E-state index contributed by atoms with van der Waals surface area (Å²) in [5.74, 6) is -0.706. The van der Waals surface area contributed by atoms with Gasteiger partial charge in [-0.15, -0.1) is 0 Å². The largest absolute Gasteiger partial charge is 0.436 e. The quantitative estimate of drug-likeness (QED) is 0.765. The van der Waals surface area contributed by atoms with Gasteiger partial charge < -0.3 is 5.32 Å². The van der Waals surface area contributed by atoms with Crippen molar-refractivity contribution in [3.8, 4) is 0 Å². The Morgan fingerprint density at radius 2 is 2.17 bits per heavy atom. The van der Waals surface area contributed by atoms with Gasteiger partial charge in [0.1, 0.15) is 10.7 Å². The molecule has 0 atom stereocenters. The van der Waals surface area contributed by atoms with Crippen molar-refractivity contribution in [3.05, 3.63) is 33.3 Å². The highest BCUT2D eigenvalue weighted by molar-refractivity contribution is 9.10. The fraction of sp³-hybridized carbons (Fsp3) is 0.417. The maximum absolute atomic E-state index is 12.7. The molecule has 6 nitrogen and oxygen atoms in total. The Bertz CT molecular complexity index is 712. The number of nitrogens with zero attached hydrogens (tertiary/aromatic N) is 4. The molecule has 0 bridgehead atoms. The third kappa shape index (κ3) is 4.25. The van der Waals surface area contributed by atoms with Gasteiger partial charge in [0.05, 0.1) is 10.7 Å². The molecule has 2 rings (SSSR count). The fourth-order valence-electron chi connectivity index (χ4n) is 1.91. The van der Waals surface area contributed by atoms with Crippen LogP contribution in [0.15, 0.2) is 16.9 Å². The van der Waals surface area contributed by atoms with Crippen LogP contribution in [0.2, 0.25) is 5.02 Å². The first-order valence-electron chi connectivity index (χ1n) is 6.46. The number of aromatic nitrogens is 4. The lowest BCUT2D eigenvalue weighted by Crippen LogP contribution is -2.27.